The summed E-state index contributed by atoms with van der Waals surface area (Å²) in [5.41, 5.74) is 0.503. The molecule has 0 saturated carbocycles. The number of halogens is 1. The minimum absolute atomic E-state index is 0. The molecule has 2 aliphatic rings. The molecule has 2 saturated heterocycles. The minimum Gasteiger partial charge on any atom is -0.356 e. The van der Waals surface area contributed by atoms with Crippen LogP contribution in [0.3, 0.4) is 0 Å². The molecule has 0 spiro atoms. The Morgan fingerprint density at radius 3 is 2.20 bits per heavy atom. The third kappa shape index (κ3) is 5.45. The lowest BCUT2D eigenvalue weighted by Gasteiger charge is -2.62. The van der Waals surface area contributed by atoms with Crippen LogP contribution in [-0.4, -0.2) is 85.6 Å². The Kier molecular flexibility index (Phi) is 8.47. The summed E-state index contributed by atoms with van der Waals surface area (Å²) < 4.78 is 0. The van der Waals surface area contributed by atoms with Crippen molar-refractivity contribution in [3.8, 4) is 0 Å². The molecule has 0 radical (unpaired) electrons. The Balaban J connectivity index is 0.00000312. The number of piperazine rings is 1. The Hall–Kier alpha value is -0.0800. The molecule has 2 rings (SSSR count). The summed E-state index contributed by atoms with van der Waals surface area (Å²) in [6, 6.07) is 0. The van der Waals surface area contributed by atoms with E-state index in [1.165, 1.54) is 26.2 Å². The zero-order valence-electron chi connectivity index (χ0n) is 17.4. The fourth-order valence-corrected chi connectivity index (χ4v) is 3.57. The molecule has 0 amide bonds. The van der Waals surface area contributed by atoms with Gasteiger partial charge in [0.2, 0.25) is 0 Å². The molecular weight excluding hydrogens is 425 g/mol. The number of rotatable bonds is 5. The lowest BCUT2D eigenvalue weighted by Crippen LogP contribution is -2.72. The van der Waals surface area contributed by atoms with Gasteiger partial charge >= 0.3 is 0 Å². The van der Waals surface area contributed by atoms with Gasteiger partial charge in [0.05, 0.1) is 0 Å². The van der Waals surface area contributed by atoms with Gasteiger partial charge in [0.1, 0.15) is 0 Å². The van der Waals surface area contributed by atoms with Crippen molar-refractivity contribution >= 4 is 29.9 Å². The van der Waals surface area contributed by atoms with Gasteiger partial charge in [-0.15, -0.1) is 24.0 Å². The van der Waals surface area contributed by atoms with E-state index in [1.807, 2.05) is 0 Å². The molecule has 0 bridgehead atoms. The van der Waals surface area contributed by atoms with Crippen LogP contribution in [0.15, 0.2) is 4.99 Å². The lowest BCUT2D eigenvalue weighted by atomic mass is 9.65. The molecule has 25 heavy (non-hydrogen) atoms. The second-order valence-corrected chi connectivity index (χ2v) is 8.93. The Bertz CT molecular complexity index is 441. The summed E-state index contributed by atoms with van der Waals surface area (Å²) in [7, 11) is 2.21. The lowest BCUT2D eigenvalue weighted by molar-refractivity contribution is -0.0668. The summed E-state index contributed by atoms with van der Waals surface area (Å²) in [4.78, 5) is 12.4. The normalized spacial score (nSPS) is 25.1. The van der Waals surface area contributed by atoms with E-state index in [9.17, 15) is 0 Å². The first kappa shape index (κ1) is 23.0. The second-order valence-electron chi connectivity index (χ2n) is 8.93. The highest BCUT2D eigenvalue weighted by atomic mass is 127. The van der Waals surface area contributed by atoms with Crippen LogP contribution in [0, 0.1) is 11.3 Å². The average molecular weight is 465 g/mol. The Morgan fingerprint density at radius 2 is 1.72 bits per heavy atom. The SMILES string of the molecule is CCNC(=NCC(C)CN1CCN(C)CC1)N1CC(C)(C)C1(C)C.I. The smallest absolute Gasteiger partial charge is 0.194 e. The van der Waals surface area contributed by atoms with Gasteiger partial charge in [-0.05, 0) is 33.7 Å². The van der Waals surface area contributed by atoms with Crippen LogP contribution in [0.2, 0.25) is 0 Å². The van der Waals surface area contributed by atoms with Crippen molar-refractivity contribution in [3.63, 3.8) is 0 Å². The number of aliphatic imine (C=N–C) groups is 1. The summed E-state index contributed by atoms with van der Waals surface area (Å²) in [6.45, 7) is 22.7. The van der Waals surface area contributed by atoms with E-state index in [1.54, 1.807) is 0 Å². The highest BCUT2D eigenvalue weighted by molar-refractivity contribution is 14.0. The highest BCUT2D eigenvalue weighted by Crippen LogP contribution is 2.46. The van der Waals surface area contributed by atoms with Gasteiger partial charge in [-0.3, -0.25) is 4.99 Å². The first-order valence-corrected chi connectivity index (χ1v) is 9.64. The molecule has 148 valence electrons. The first-order valence-electron chi connectivity index (χ1n) is 9.64. The number of nitrogens with one attached hydrogen (secondary N) is 1. The van der Waals surface area contributed by atoms with Crippen molar-refractivity contribution in [2.24, 2.45) is 16.3 Å². The molecule has 2 fully saturated rings. The predicted octanol–water partition coefficient (Wildman–Crippen LogP) is 2.57. The molecule has 0 aromatic heterocycles. The number of likely N-dealkylation sites (N-methyl/N-ethyl adjacent to an activating group) is 1. The topological polar surface area (TPSA) is 34.1 Å². The van der Waals surface area contributed by atoms with Gasteiger partial charge < -0.3 is 20.0 Å². The molecule has 0 aromatic carbocycles. The largest absolute Gasteiger partial charge is 0.356 e. The van der Waals surface area contributed by atoms with Gasteiger partial charge in [0.25, 0.3) is 0 Å². The third-order valence-corrected chi connectivity index (χ3v) is 6.19. The molecule has 6 heteroatoms. The van der Waals surface area contributed by atoms with Gasteiger partial charge in [-0.1, -0.05) is 20.8 Å². The van der Waals surface area contributed by atoms with Gasteiger partial charge in [-0.2, -0.15) is 0 Å². The summed E-state index contributed by atoms with van der Waals surface area (Å²) in [6.07, 6.45) is 0. The molecule has 1 atom stereocenters. The van der Waals surface area contributed by atoms with E-state index in [2.05, 4.69) is 68.6 Å². The zero-order valence-corrected chi connectivity index (χ0v) is 19.8. The fraction of sp³-hybridized carbons (Fsp3) is 0.947. The summed E-state index contributed by atoms with van der Waals surface area (Å²) in [5.74, 6) is 1.69. The zero-order chi connectivity index (χ0) is 18.0. The van der Waals surface area contributed by atoms with E-state index in [-0.39, 0.29) is 29.5 Å². The van der Waals surface area contributed by atoms with E-state index < -0.39 is 0 Å². The molecule has 1 unspecified atom stereocenters. The van der Waals surface area contributed by atoms with E-state index in [4.69, 9.17) is 4.99 Å². The van der Waals surface area contributed by atoms with Crippen LogP contribution in [0.1, 0.15) is 41.5 Å². The van der Waals surface area contributed by atoms with Crippen LogP contribution in [0.4, 0.5) is 0 Å². The number of nitrogens with zero attached hydrogens (tertiary/aromatic N) is 4. The van der Waals surface area contributed by atoms with Crippen LogP contribution in [0.5, 0.6) is 0 Å². The van der Waals surface area contributed by atoms with Crippen LogP contribution in [-0.2, 0) is 0 Å². The Morgan fingerprint density at radius 1 is 1.12 bits per heavy atom. The highest BCUT2D eigenvalue weighted by Gasteiger charge is 2.53. The number of hydrogen-bond acceptors (Lipinski definition) is 3. The maximum absolute atomic E-state index is 4.97. The summed E-state index contributed by atoms with van der Waals surface area (Å²) >= 11 is 0. The molecule has 0 aromatic rings. The third-order valence-electron chi connectivity index (χ3n) is 6.19. The van der Waals surface area contributed by atoms with Gasteiger partial charge in [0.15, 0.2) is 5.96 Å². The fourth-order valence-electron chi connectivity index (χ4n) is 3.57. The van der Waals surface area contributed by atoms with E-state index in [0.29, 0.717) is 11.3 Å². The van der Waals surface area contributed by atoms with Gasteiger partial charge in [0, 0.05) is 63.3 Å². The molecule has 0 aliphatic carbocycles. The maximum atomic E-state index is 4.97. The maximum Gasteiger partial charge on any atom is 0.194 e. The Labute approximate surface area is 172 Å². The van der Waals surface area contributed by atoms with E-state index in [0.717, 1.165) is 32.1 Å². The van der Waals surface area contributed by atoms with Crippen LogP contribution >= 0.6 is 24.0 Å². The molecular formula is C19H40IN5. The number of likely N-dealkylation sites (tertiary alicyclic amines) is 1. The van der Waals surface area contributed by atoms with Crippen molar-refractivity contribution in [1.82, 2.24) is 20.0 Å². The van der Waals surface area contributed by atoms with Gasteiger partial charge in [-0.25, -0.2) is 0 Å². The first-order chi connectivity index (χ1) is 11.2. The molecule has 5 nitrogen and oxygen atoms in total. The standard InChI is InChI=1S/C19H39N5.HI/c1-8-20-17(24-15-18(3,4)19(24,5)6)21-13-16(2)14-23-11-9-22(7)10-12-23;/h16H,8-15H2,1-7H3,(H,20,21);1H. The van der Waals surface area contributed by atoms with Crippen molar-refractivity contribution in [2.75, 3.05) is 59.4 Å². The van der Waals surface area contributed by atoms with Crippen LogP contribution in [0.25, 0.3) is 0 Å². The molecule has 2 heterocycles. The minimum atomic E-state index is 0. The number of hydrogen-bond donors (Lipinski definition) is 1. The molecule has 2 aliphatic heterocycles. The second kappa shape index (κ2) is 9.22. The predicted molar refractivity (Wildman–Crippen MR) is 119 cm³/mol. The van der Waals surface area contributed by atoms with Crippen molar-refractivity contribution in [1.29, 1.82) is 0 Å². The number of guanidine groups is 1. The van der Waals surface area contributed by atoms with E-state index >= 15 is 0 Å². The molecule has 1 N–H and O–H groups in total. The van der Waals surface area contributed by atoms with Crippen LogP contribution < -0.4 is 5.32 Å². The quantitative estimate of drug-likeness (QED) is 0.385. The summed E-state index contributed by atoms with van der Waals surface area (Å²) in [5, 5.41) is 3.50. The van der Waals surface area contributed by atoms with Crippen molar-refractivity contribution in [2.45, 2.75) is 47.1 Å². The van der Waals surface area contributed by atoms with Crippen molar-refractivity contribution in [3.05, 3.63) is 0 Å². The monoisotopic (exact) mass is 465 g/mol. The van der Waals surface area contributed by atoms with Crippen molar-refractivity contribution < 1.29 is 0 Å². The average Bonchev–Trinajstić information content (AvgIpc) is 2.51.